The Bertz CT molecular complexity index is 476. The van der Waals surface area contributed by atoms with Gasteiger partial charge >= 0.3 is 0 Å². The molecule has 4 heteroatoms. The Morgan fingerprint density at radius 3 is 2.62 bits per heavy atom. The molecule has 1 aromatic heterocycles. The Balaban J connectivity index is 2.36. The maximum absolute atomic E-state index is 5.84. The number of rotatable bonds is 3. The Hall–Kier alpha value is -1.48. The van der Waals surface area contributed by atoms with Gasteiger partial charge in [-0.3, -0.25) is 0 Å². The van der Waals surface area contributed by atoms with Crippen LogP contribution in [0.15, 0.2) is 28.7 Å². The van der Waals surface area contributed by atoms with Crippen molar-refractivity contribution in [2.45, 2.75) is 13.8 Å². The van der Waals surface area contributed by atoms with Crippen molar-refractivity contribution in [1.29, 1.82) is 0 Å². The van der Waals surface area contributed by atoms with E-state index in [2.05, 4.69) is 10.3 Å². The van der Waals surface area contributed by atoms with Crippen LogP contribution in [0, 0.1) is 6.92 Å². The second kappa shape index (κ2) is 4.58. The van der Waals surface area contributed by atoms with Gasteiger partial charge in [-0.25, -0.2) is 0 Å². The third-order valence-electron chi connectivity index (χ3n) is 2.24. The van der Waals surface area contributed by atoms with Crippen LogP contribution in [0.5, 0.6) is 0 Å². The molecule has 0 aliphatic rings. The molecular weight excluding hydrogens is 224 g/mol. The van der Waals surface area contributed by atoms with Gasteiger partial charge in [0.05, 0.1) is 0 Å². The molecule has 84 valence electrons. The first-order valence-corrected chi connectivity index (χ1v) is 5.55. The van der Waals surface area contributed by atoms with Gasteiger partial charge < -0.3 is 9.73 Å². The summed E-state index contributed by atoms with van der Waals surface area (Å²) in [6.07, 6.45) is 0. The second-order valence-electron chi connectivity index (χ2n) is 3.46. The van der Waals surface area contributed by atoms with Crippen LogP contribution in [0.25, 0.3) is 11.3 Å². The van der Waals surface area contributed by atoms with Crippen LogP contribution in [0.4, 0.5) is 6.01 Å². The predicted molar refractivity (Wildman–Crippen MR) is 65.8 cm³/mol. The lowest BCUT2D eigenvalue weighted by molar-refractivity contribution is 0.542. The fraction of sp³-hybridized carbons (Fsp3) is 0.250. The topological polar surface area (TPSA) is 38.1 Å². The van der Waals surface area contributed by atoms with Crippen LogP contribution in [0.2, 0.25) is 5.02 Å². The van der Waals surface area contributed by atoms with Crippen molar-refractivity contribution in [3.8, 4) is 11.3 Å². The van der Waals surface area contributed by atoms with Gasteiger partial charge in [-0.15, -0.1) is 0 Å². The number of aromatic nitrogens is 1. The van der Waals surface area contributed by atoms with Gasteiger partial charge in [-0.2, -0.15) is 4.98 Å². The molecule has 0 radical (unpaired) electrons. The summed E-state index contributed by atoms with van der Waals surface area (Å²) in [5, 5.41) is 3.77. The van der Waals surface area contributed by atoms with Crippen molar-refractivity contribution in [2.75, 3.05) is 11.9 Å². The smallest absolute Gasteiger partial charge is 0.295 e. The van der Waals surface area contributed by atoms with E-state index in [4.69, 9.17) is 16.0 Å². The summed E-state index contributed by atoms with van der Waals surface area (Å²) in [6, 6.07) is 8.12. The van der Waals surface area contributed by atoms with Crippen LogP contribution in [-0.4, -0.2) is 11.5 Å². The van der Waals surface area contributed by atoms with Crippen LogP contribution in [0.3, 0.4) is 0 Å². The number of aryl methyl sites for hydroxylation is 1. The van der Waals surface area contributed by atoms with E-state index in [1.165, 1.54) is 0 Å². The molecule has 2 rings (SSSR count). The number of hydrogen-bond acceptors (Lipinski definition) is 3. The number of benzene rings is 1. The first kappa shape index (κ1) is 11.0. The standard InChI is InChI=1S/C12H13ClN2O/c1-3-14-12-15-11(8(2)16-12)9-4-6-10(13)7-5-9/h4-7H,3H2,1-2H3,(H,14,15). The highest BCUT2D eigenvalue weighted by Crippen LogP contribution is 2.26. The van der Waals surface area contributed by atoms with Crippen LogP contribution in [0.1, 0.15) is 12.7 Å². The Labute approximate surface area is 99.5 Å². The SMILES string of the molecule is CCNc1nc(-c2ccc(Cl)cc2)c(C)o1. The highest BCUT2D eigenvalue weighted by Gasteiger charge is 2.10. The molecule has 2 aromatic rings. The highest BCUT2D eigenvalue weighted by molar-refractivity contribution is 6.30. The first-order valence-electron chi connectivity index (χ1n) is 5.18. The van der Waals surface area contributed by atoms with E-state index in [0.717, 1.165) is 28.6 Å². The lowest BCUT2D eigenvalue weighted by Gasteiger charge is -1.96. The minimum atomic E-state index is 0.560. The van der Waals surface area contributed by atoms with E-state index in [0.29, 0.717) is 6.01 Å². The predicted octanol–water partition coefficient (Wildman–Crippen LogP) is 3.74. The van der Waals surface area contributed by atoms with Gasteiger partial charge in [0, 0.05) is 17.1 Å². The molecule has 0 atom stereocenters. The summed E-state index contributed by atoms with van der Waals surface area (Å²) in [5.74, 6) is 0.804. The molecule has 1 aromatic carbocycles. The zero-order valence-corrected chi connectivity index (χ0v) is 10.0. The first-order chi connectivity index (χ1) is 7.70. The number of anilines is 1. The summed E-state index contributed by atoms with van der Waals surface area (Å²) in [4.78, 5) is 4.38. The van der Waals surface area contributed by atoms with Gasteiger partial charge in [0.25, 0.3) is 6.01 Å². The van der Waals surface area contributed by atoms with E-state index in [1.54, 1.807) is 0 Å². The van der Waals surface area contributed by atoms with Gasteiger partial charge in [0.15, 0.2) is 0 Å². The molecule has 0 saturated carbocycles. The molecule has 0 saturated heterocycles. The summed E-state index contributed by atoms with van der Waals surface area (Å²) >= 11 is 5.84. The number of nitrogens with one attached hydrogen (secondary N) is 1. The Morgan fingerprint density at radius 2 is 2.00 bits per heavy atom. The van der Waals surface area contributed by atoms with Gasteiger partial charge in [-0.1, -0.05) is 23.7 Å². The molecule has 0 amide bonds. The largest absolute Gasteiger partial charge is 0.428 e. The molecule has 1 heterocycles. The number of oxazole rings is 1. The van der Waals surface area contributed by atoms with Crippen LogP contribution < -0.4 is 5.32 Å². The molecule has 0 spiro atoms. The maximum atomic E-state index is 5.84. The second-order valence-corrected chi connectivity index (χ2v) is 3.90. The summed E-state index contributed by atoms with van der Waals surface area (Å²) < 4.78 is 5.48. The molecular formula is C12H13ClN2O. The molecule has 3 nitrogen and oxygen atoms in total. The molecule has 0 aliphatic heterocycles. The van der Waals surface area contributed by atoms with Gasteiger partial charge in [-0.05, 0) is 26.0 Å². The fourth-order valence-electron chi connectivity index (χ4n) is 1.50. The van der Waals surface area contributed by atoms with Gasteiger partial charge in [0.2, 0.25) is 0 Å². The van der Waals surface area contributed by atoms with Crippen molar-refractivity contribution in [2.24, 2.45) is 0 Å². The lowest BCUT2D eigenvalue weighted by atomic mass is 10.1. The number of nitrogens with zero attached hydrogens (tertiary/aromatic N) is 1. The van der Waals surface area contributed by atoms with Crippen molar-refractivity contribution < 1.29 is 4.42 Å². The minimum absolute atomic E-state index is 0.560. The summed E-state index contributed by atoms with van der Waals surface area (Å²) in [6.45, 7) is 4.69. The van der Waals surface area contributed by atoms with Crippen molar-refractivity contribution >= 4 is 17.6 Å². The maximum Gasteiger partial charge on any atom is 0.295 e. The highest BCUT2D eigenvalue weighted by atomic mass is 35.5. The monoisotopic (exact) mass is 236 g/mol. The molecule has 0 bridgehead atoms. The average molecular weight is 237 g/mol. The zero-order chi connectivity index (χ0) is 11.5. The Kier molecular flexibility index (Phi) is 3.15. The van der Waals surface area contributed by atoms with E-state index < -0.39 is 0 Å². The minimum Gasteiger partial charge on any atom is -0.428 e. The molecule has 0 unspecified atom stereocenters. The normalized spacial score (nSPS) is 10.4. The fourth-order valence-corrected chi connectivity index (χ4v) is 1.62. The van der Waals surface area contributed by atoms with E-state index in [-0.39, 0.29) is 0 Å². The van der Waals surface area contributed by atoms with Crippen LogP contribution >= 0.6 is 11.6 Å². The van der Waals surface area contributed by atoms with Crippen LogP contribution in [-0.2, 0) is 0 Å². The third kappa shape index (κ3) is 2.19. The van der Waals surface area contributed by atoms with Crippen molar-refractivity contribution in [1.82, 2.24) is 4.98 Å². The van der Waals surface area contributed by atoms with E-state index >= 15 is 0 Å². The number of hydrogen-bond donors (Lipinski definition) is 1. The lowest BCUT2D eigenvalue weighted by Crippen LogP contribution is -1.95. The zero-order valence-electron chi connectivity index (χ0n) is 9.25. The molecule has 1 N–H and O–H groups in total. The third-order valence-corrected chi connectivity index (χ3v) is 2.49. The molecule has 0 fully saturated rings. The average Bonchev–Trinajstić information content (AvgIpc) is 2.61. The molecule has 0 aliphatic carbocycles. The Morgan fingerprint density at radius 1 is 1.31 bits per heavy atom. The van der Waals surface area contributed by atoms with Crippen molar-refractivity contribution in [3.63, 3.8) is 0 Å². The number of halogens is 1. The quantitative estimate of drug-likeness (QED) is 0.882. The summed E-state index contributed by atoms with van der Waals surface area (Å²) in [7, 11) is 0. The van der Waals surface area contributed by atoms with E-state index in [9.17, 15) is 0 Å². The molecule has 16 heavy (non-hydrogen) atoms. The van der Waals surface area contributed by atoms with Crippen molar-refractivity contribution in [3.05, 3.63) is 35.0 Å². The summed E-state index contributed by atoms with van der Waals surface area (Å²) in [5.41, 5.74) is 1.86. The van der Waals surface area contributed by atoms with E-state index in [1.807, 2.05) is 38.1 Å². The van der Waals surface area contributed by atoms with Gasteiger partial charge in [0.1, 0.15) is 11.5 Å².